The fraction of sp³-hybridized carbons (Fsp3) is 0.588. The normalized spacial score (nSPS) is 17.9. The third kappa shape index (κ3) is 3.92. The van der Waals surface area contributed by atoms with Crippen molar-refractivity contribution in [3.05, 3.63) is 29.7 Å². The summed E-state index contributed by atoms with van der Waals surface area (Å²) >= 11 is 0. The molecule has 1 atom stereocenters. The molecule has 2 aromatic heterocycles. The van der Waals surface area contributed by atoms with Crippen LogP contribution in [0.5, 0.6) is 0 Å². The Bertz CT molecular complexity index is 746. The molecule has 1 saturated heterocycles. The van der Waals surface area contributed by atoms with Crippen LogP contribution in [-0.4, -0.2) is 64.9 Å². The van der Waals surface area contributed by atoms with E-state index in [0.29, 0.717) is 18.1 Å². The maximum Gasteiger partial charge on any atom is 0.282 e. The van der Waals surface area contributed by atoms with E-state index in [2.05, 4.69) is 24.9 Å². The molecule has 2 aromatic rings. The molecule has 1 aliphatic heterocycles. The van der Waals surface area contributed by atoms with Crippen molar-refractivity contribution in [2.45, 2.75) is 25.4 Å². The molecule has 1 unspecified atom stereocenters. The number of hydrogen-bond acceptors (Lipinski definition) is 6. The minimum atomic E-state index is -2.54. The Morgan fingerprint density at radius 3 is 2.77 bits per heavy atom. The molecule has 1 fully saturated rings. The number of hydrogen-bond donors (Lipinski definition) is 0. The molecule has 1 aliphatic rings. The number of likely N-dealkylation sites (tertiary alicyclic amines) is 1. The number of alkyl halides is 2. The zero-order valence-electron chi connectivity index (χ0n) is 15.6. The van der Waals surface area contributed by atoms with Gasteiger partial charge in [0.25, 0.3) is 6.43 Å². The molecule has 3 rings (SSSR count). The van der Waals surface area contributed by atoms with E-state index in [4.69, 9.17) is 0 Å². The van der Waals surface area contributed by atoms with E-state index >= 15 is 0 Å². The van der Waals surface area contributed by atoms with Crippen LogP contribution in [-0.2, 0) is 13.6 Å². The Kier molecular flexibility index (Phi) is 5.36. The maximum atomic E-state index is 13.1. The average molecular weight is 365 g/mol. The predicted octanol–water partition coefficient (Wildman–Crippen LogP) is 1.92. The van der Waals surface area contributed by atoms with E-state index < -0.39 is 6.43 Å². The Morgan fingerprint density at radius 2 is 2.08 bits per heavy atom. The number of aromatic nitrogens is 4. The van der Waals surface area contributed by atoms with Gasteiger partial charge in [0.05, 0.1) is 0 Å². The Morgan fingerprint density at radius 1 is 1.31 bits per heavy atom. The SMILES string of the molecule is CN(C)c1nccc(N(C)C2CCN(Cc3cn(C)nc3C(F)F)C2)n1. The molecule has 0 aliphatic carbocycles. The second-order valence-corrected chi connectivity index (χ2v) is 6.91. The van der Waals surface area contributed by atoms with Crippen LogP contribution in [0.25, 0.3) is 0 Å². The summed E-state index contributed by atoms with van der Waals surface area (Å²) in [6.07, 6.45) is 1.86. The minimum Gasteiger partial charge on any atom is -0.355 e. The van der Waals surface area contributed by atoms with Gasteiger partial charge in [-0.05, 0) is 12.5 Å². The first-order valence-electron chi connectivity index (χ1n) is 8.61. The molecule has 7 nitrogen and oxygen atoms in total. The van der Waals surface area contributed by atoms with Crippen molar-refractivity contribution in [2.24, 2.45) is 7.05 Å². The molecule has 0 aromatic carbocycles. The highest BCUT2D eigenvalue weighted by Gasteiger charge is 2.28. The second-order valence-electron chi connectivity index (χ2n) is 6.91. The molecule has 0 N–H and O–H groups in total. The van der Waals surface area contributed by atoms with Crippen LogP contribution in [0.4, 0.5) is 20.5 Å². The lowest BCUT2D eigenvalue weighted by Gasteiger charge is -2.26. The molecule has 9 heteroatoms. The van der Waals surface area contributed by atoms with Crippen LogP contribution in [0.3, 0.4) is 0 Å². The lowest BCUT2D eigenvalue weighted by molar-refractivity contribution is 0.142. The maximum absolute atomic E-state index is 13.1. The molecule has 0 saturated carbocycles. The van der Waals surface area contributed by atoms with Crippen LogP contribution in [0, 0.1) is 0 Å². The van der Waals surface area contributed by atoms with Crippen LogP contribution in [0.1, 0.15) is 24.1 Å². The zero-order valence-corrected chi connectivity index (χ0v) is 15.6. The van der Waals surface area contributed by atoms with Crippen LogP contribution >= 0.6 is 0 Å². The Hall–Kier alpha value is -2.29. The molecule has 0 radical (unpaired) electrons. The number of aryl methyl sites for hydroxylation is 1. The number of likely N-dealkylation sites (N-methyl/N-ethyl adjacent to an activating group) is 1. The smallest absolute Gasteiger partial charge is 0.282 e. The van der Waals surface area contributed by atoms with Crippen LogP contribution in [0.2, 0.25) is 0 Å². The van der Waals surface area contributed by atoms with Gasteiger partial charge in [-0.1, -0.05) is 0 Å². The molecule has 26 heavy (non-hydrogen) atoms. The predicted molar refractivity (Wildman–Crippen MR) is 96.6 cm³/mol. The van der Waals surface area contributed by atoms with Gasteiger partial charge in [0, 0.05) is 71.8 Å². The van der Waals surface area contributed by atoms with E-state index in [1.807, 2.05) is 32.1 Å². The zero-order chi connectivity index (χ0) is 18.8. The monoisotopic (exact) mass is 365 g/mol. The molecule has 0 amide bonds. The van der Waals surface area contributed by atoms with Gasteiger partial charge in [0.2, 0.25) is 5.95 Å². The topological polar surface area (TPSA) is 53.3 Å². The fourth-order valence-corrected chi connectivity index (χ4v) is 3.31. The summed E-state index contributed by atoms with van der Waals surface area (Å²) in [5.41, 5.74) is 0.485. The lowest BCUT2D eigenvalue weighted by atomic mass is 10.2. The number of rotatable bonds is 6. The van der Waals surface area contributed by atoms with Crippen molar-refractivity contribution >= 4 is 11.8 Å². The Labute approximate surface area is 152 Å². The van der Waals surface area contributed by atoms with Crippen molar-refractivity contribution in [1.82, 2.24) is 24.6 Å². The highest BCUT2D eigenvalue weighted by Crippen LogP contribution is 2.25. The van der Waals surface area contributed by atoms with Crippen LogP contribution in [0.15, 0.2) is 18.5 Å². The summed E-state index contributed by atoms with van der Waals surface area (Å²) in [5, 5.41) is 3.89. The highest BCUT2D eigenvalue weighted by molar-refractivity contribution is 5.43. The van der Waals surface area contributed by atoms with Crippen molar-refractivity contribution in [3.63, 3.8) is 0 Å². The average Bonchev–Trinajstić information content (AvgIpc) is 3.21. The third-order valence-corrected chi connectivity index (χ3v) is 4.72. The van der Waals surface area contributed by atoms with E-state index in [9.17, 15) is 8.78 Å². The number of halogens is 2. The minimum absolute atomic E-state index is 0.115. The quantitative estimate of drug-likeness (QED) is 0.780. The van der Waals surface area contributed by atoms with E-state index in [-0.39, 0.29) is 11.7 Å². The summed E-state index contributed by atoms with van der Waals surface area (Å²) < 4.78 is 27.7. The first-order valence-corrected chi connectivity index (χ1v) is 8.61. The van der Waals surface area contributed by atoms with Gasteiger partial charge in [0.1, 0.15) is 11.5 Å². The third-order valence-electron chi connectivity index (χ3n) is 4.72. The molecule has 3 heterocycles. The summed E-state index contributed by atoms with van der Waals surface area (Å²) in [6.45, 7) is 2.15. The number of nitrogens with zero attached hydrogens (tertiary/aromatic N) is 7. The van der Waals surface area contributed by atoms with E-state index in [0.717, 1.165) is 25.3 Å². The largest absolute Gasteiger partial charge is 0.355 e. The molecule has 0 spiro atoms. The van der Waals surface area contributed by atoms with Gasteiger partial charge < -0.3 is 9.80 Å². The van der Waals surface area contributed by atoms with Crippen molar-refractivity contribution < 1.29 is 8.78 Å². The van der Waals surface area contributed by atoms with E-state index in [1.165, 1.54) is 4.68 Å². The van der Waals surface area contributed by atoms with Crippen molar-refractivity contribution in [3.8, 4) is 0 Å². The van der Waals surface area contributed by atoms with Crippen LogP contribution < -0.4 is 9.80 Å². The van der Waals surface area contributed by atoms with Gasteiger partial charge in [-0.2, -0.15) is 10.1 Å². The molecule has 142 valence electrons. The first kappa shape index (κ1) is 18.5. The Balaban J connectivity index is 1.66. The van der Waals surface area contributed by atoms with Gasteiger partial charge >= 0.3 is 0 Å². The summed E-state index contributed by atoms with van der Waals surface area (Å²) in [6, 6.07) is 2.18. The summed E-state index contributed by atoms with van der Waals surface area (Å²) in [7, 11) is 7.51. The summed E-state index contributed by atoms with van der Waals surface area (Å²) in [5.74, 6) is 1.53. The van der Waals surface area contributed by atoms with Gasteiger partial charge in [-0.3, -0.25) is 9.58 Å². The number of anilines is 2. The van der Waals surface area contributed by atoms with Gasteiger partial charge in [-0.15, -0.1) is 0 Å². The molecular formula is C17H25F2N7. The second kappa shape index (κ2) is 7.53. The van der Waals surface area contributed by atoms with Crippen molar-refractivity contribution in [2.75, 3.05) is 44.0 Å². The van der Waals surface area contributed by atoms with E-state index in [1.54, 1.807) is 19.4 Å². The highest BCUT2D eigenvalue weighted by atomic mass is 19.3. The standard InChI is InChI=1S/C17H25F2N7/c1-23(2)17-20-7-5-14(21-17)25(4)13-6-8-26(11-13)10-12-9-24(3)22-15(12)16(18)19/h5,7,9,13,16H,6,8,10-11H2,1-4H3. The van der Waals surface area contributed by atoms with Gasteiger partial charge in [0.15, 0.2) is 0 Å². The van der Waals surface area contributed by atoms with Gasteiger partial charge in [-0.25, -0.2) is 13.8 Å². The molecular weight excluding hydrogens is 340 g/mol. The lowest BCUT2D eigenvalue weighted by Crippen LogP contribution is -2.35. The summed E-state index contributed by atoms with van der Waals surface area (Å²) in [4.78, 5) is 15.0. The molecule has 0 bridgehead atoms. The first-order chi connectivity index (χ1) is 12.3. The fourth-order valence-electron chi connectivity index (χ4n) is 3.31. The van der Waals surface area contributed by atoms with Crippen molar-refractivity contribution in [1.29, 1.82) is 0 Å².